The maximum atomic E-state index is 4.61. The Morgan fingerprint density at radius 2 is 2.00 bits per heavy atom. The lowest BCUT2D eigenvalue weighted by atomic mass is 10.1. The van der Waals surface area contributed by atoms with Crippen molar-refractivity contribution < 1.29 is 0 Å². The summed E-state index contributed by atoms with van der Waals surface area (Å²) in [7, 11) is 0. The molecule has 19 heavy (non-hydrogen) atoms. The lowest BCUT2D eigenvalue weighted by Gasteiger charge is -2.10. The van der Waals surface area contributed by atoms with Crippen LogP contribution in [-0.4, -0.2) is 16.5 Å². The average Bonchev–Trinajstić information content (AvgIpc) is 2.38. The van der Waals surface area contributed by atoms with E-state index in [2.05, 4.69) is 66.8 Å². The van der Waals surface area contributed by atoms with Gasteiger partial charge in [0.15, 0.2) is 0 Å². The van der Waals surface area contributed by atoms with Crippen LogP contribution in [0.4, 0.5) is 5.82 Å². The number of aromatic nitrogens is 2. The zero-order valence-corrected chi connectivity index (χ0v) is 14.6. The monoisotopic (exact) mass is 431 g/mol. The Bertz CT molecular complexity index is 587. The largest absolute Gasteiger partial charge is 0.369 e. The molecule has 1 aromatic heterocycles. The predicted molar refractivity (Wildman–Crippen MR) is 90.6 cm³/mol. The summed E-state index contributed by atoms with van der Waals surface area (Å²) in [4.78, 5) is 9.18. The number of halogens is 2. The summed E-state index contributed by atoms with van der Waals surface area (Å²) in [6, 6.07) is 8.18. The Hall–Kier alpha value is -0.690. The molecule has 0 amide bonds. The molecule has 0 radical (unpaired) electrons. The van der Waals surface area contributed by atoms with E-state index in [0.29, 0.717) is 0 Å². The zero-order chi connectivity index (χ0) is 13.8. The summed E-state index contributed by atoms with van der Waals surface area (Å²) in [5.41, 5.74) is 2.22. The molecule has 0 aliphatic rings. The van der Waals surface area contributed by atoms with Gasteiger partial charge in [-0.1, -0.05) is 34.1 Å². The number of anilines is 1. The van der Waals surface area contributed by atoms with Gasteiger partial charge in [-0.25, -0.2) is 9.97 Å². The van der Waals surface area contributed by atoms with Crippen LogP contribution in [0.25, 0.3) is 0 Å². The van der Waals surface area contributed by atoms with Crippen molar-refractivity contribution in [2.45, 2.75) is 20.3 Å². The lowest BCUT2D eigenvalue weighted by Crippen LogP contribution is -2.08. The Kier molecular flexibility index (Phi) is 5.15. The molecule has 0 atom stereocenters. The fourth-order valence-electron chi connectivity index (χ4n) is 1.79. The van der Waals surface area contributed by atoms with Crippen LogP contribution in [0.3, 0.4) is 0 Å². The molecule has 0 spiro atoms. The summed E-state index contributed by atoms with van der Waals surface area (Å²) in [5.74, 6) is 1.78. The second-order valence-electron chi connectivity index (χ2n) is 4.19. The lowest BCUT2D eigenvalue weighted by molar-refractivity contribution is 0.927. The van der Waals surface area contributed by atoms with E-state index in [1.165, 1.54) is 5.56 Å². The molecule has 2 aromatic rings. The Labute approximate surface area is 135 Å². The van der Waals surface area contributed by atoms with Crippen LogP contribution in [-0.2, 0) is 6.42 Å². The minimum atomic E-state index is 0.734. The van der Waals surface area contributed by atoms with Crippen LogP contribution in [0.1, 0.15) is 24.0 Å². The summed E-state index contributed by atoms with van der Waals surface area (Å²) >= 11 is 5.85. The Morgan fingerprint density at radius 1 is 1.26 bits per heavy atom. The number of hydrogen-bond acceptors (Lipinski definition) is 3. The second kappa shape index (κ2) is 6.65. The van der Waals surface area contributed by atoms with Crippen LogP contribution in [0, 0.1) is 10.5 Å². The van der Waals surface area contributed by atoms with Crippen molar-refractivity contribution in [3.05, 3.63) is 49.4 Å². The van der Waals surface area contributed by atoms with Crippen molar-refractivity contribution in [1.82, 2.24) is 9.97 Å². The summed E-state index contributed by atoms with van der Waals surface area (Å²) in [5, 5.41) is 3.29. The van der Waals surface area contributed by atoms with Crippen LogP contribution in [0.5, 0.6) is 0 Å². The van der Waals surface area contributed by atoms with E-state index in [1.54, 1.807) is 0 Å². The molecule has 0 bridgehead atoms. The number of aryl methyl sites for hydroxylation is 1. The topological polar surface area (TPSA) is 37.8 Å². The minimum Gasteiger partial charge on any atom is -0.369 e. The van der Waals surface area contributed by atoms with Crippen LogP contribution < -0.4 is 5.32 Å². The van der Waals surface area contributed by atoms with Crippen molar-refractivity contribution >= 4 is 44.3 Å². The quantitative estimate of drug-likeness (QED) is 0.738. The summed E-state index contributed by atoms with van der Waals surface area (Å²) in [6.45, 7) is 4.95. The van der Waals surface area contributed by atoms with E-state index in [0.717, 1.165) is 38.3 Å². The molecule has 0 unspecified atom stereocenters. The van der Waals surface area contributed by atoms with Gasteiger partial charge >= 0.3 is 0 Å². The maximum Gasteiger partial charge on any atom is 0.143 e. The van der Waals surface area contributed by atoms with Gasteiger partial charge in [0.1, 0.15) is 11.6 Å². The van der Waals surface area contributed by atoms with Crippen molar-refractivity contribution in [3.63, 3.8) is 0 Å². The standard InChI is InChI=1S/C14H15BrIN3/c1-3-17-14-13(16)9(2)18-12(19-14)8-10-6-4-5-7-11(10)15/h4-7H,3,8H2,1-2H3,(H,17,18,19). The highest BCUT2D eigenvalue weighted by atomic mass is 127. The molecule has 0 fully saturated rings. The van der Waals surface area contributed by atoms with E-state index >= 15 is 0 Å². The molecule has 3 nitrogen and oxygen atoms in total. The van der Waals surface area contributed by atoms with Gasteiger partial charge in [-0.15, -0.1) is 0 Å². The molecule has 0 aliphatic heterocycles. The fraction of sp³-hybridized carbons (Fsp3) is 0.286. The van der Waals surface area contributed by atoms with Gasteiger partial charge in [-0.05, 0) is 48.1 Å². The SMILES string of the molecule is CCNc1nc(Cc2ccccc2Br)nc(C)c1I. The molecule has 5 heteroatoms. The van der Waals surface area contributed by atoms with E-state index in [1.807, 2.05) is 25.1 Å². The van der Waals surface area contributed by atoms with Gasteiger partial charge in [0, 0.05) is 17.4 Å². The van der Waals surface area contributed by atoms with Gasteiger partial charge in [0.05, 0.1) is 9.26 Å². The van der Waals surface area contributed by atoms with Crippen LogP contribution in [0.2, 0.25) is 0 Å². The third-order valence-corrected chi connectivity index (χ3v) is 4.78. The average molecular weight is 432 g/mol. The maximum absolute atomic E-state index is 4.61. The van der Waals surface area contributed by atoms with Gasteiger partial charge in [-0.3, -0.25) is 0 Å². The van der Waals surface area contributed by atoms with Gasteiger partial charge in [-0.2, -0.15) is 0 Å². The first-order chi connectivity index (χ1) is 9.11. The first kappa shape index (κ1) is 14.7. The minimum absolute atomic E-state index is 0.734. The number of benzene rings is 1. The third-order valence-electron chi connectivity index (χ3n) is 2.71. The summed E-state index contributed by atoms with van der Waals surface area (Å²) < 4.78 is 2.19. The normalized spacial score (nSPS) is 10.5. The molecule has 0 saturated heterocycles. The highest BCUT2D eigenvalue weighted by molar-refractivity contribution is 14.1. The Balaban J connectivity index is 2.33. The zero-order valence-electron chi connectivity index (χ0n) is 10.9. The number of hydrogen-bond donors (Lipinski definition) is 1. The molecule has 1 N–H and O–H groups in total. The highest BCUT2D eigenvalue weighted by Gasteiger charge is 2.10. The van der Waals surface area contributed by atoms with Crippen molar-refractivity contribution in [2.75, 3.05) is 11.9 Å². The molecule has 100 valence electrons. The molecular weight excluding hydrogens is 417 g/mol. The van der Waals surface area contributed by atoms with Crippen molar-refractivity contribution in [3.8, 4) is 0 Å². The van der Waals surface area contributed by atoms with Gasteiger partial charge in [0.2, 0.25) is 0 Å². The van der Waals surface area contributed by atoms with Crippen LogP contribution in [0.15, 0.2) is 28.7 Å². The molecule has 2 rings (SSSR count). The van der Waals surface area contributed by atoms with Gasteiger partial charge in [0.25, 0.3) is 0 Å². The van der Waals surface area contributed by atoms with Gasteiger partial charge < -0.3 is 5.32 Å². The first-order valence-corrected chi connectivity index (χ1v) is 7.99. The second-order valence-corrected chi connectivity index (χ2v) is 6.12. The van der Waals surface area contributed by atoms with Crippen molar-refractivity contribution in [2.24, 2.45) is 0 Å². The van der Waals surface area contributed by atoms with Crippen LogP contribution >= 0.6 is 38.5 Å². The molecule has 0 aliphatic carbocycles. The molecule has 1 aromatic carbocycles. The molecule has 1 heterocycles. The molecular formula is C14H15BrIN3. The van der Waals surface area contributed by atoms with E-state index in [4.69, 9.17) is 0 Å². The predicted octanol–water partition coefficient (Wildman–Crippen LogP) is 4.17. The van der Waals surface area contributed by atoms with Crippen molar-refractivity contribution in [1.29, 1.82) is 0 Å². The highest BCUT2D eigenvalue weighted by Crippen LogP contribution is 2.22. The Morgan fingerprint density at radius 3 is 2.68 bits per heavy atom. The fourth-order valence-corrected chi connectivity index (χ4v) is 2.65. The van der Waals surface area contributed by atoms with E-state index in [-0.39, 0.29) is 0 Å². The van der Waals surface area contributed by atoms with E-state index < -0.39 is 0 Å². The number of nitrogens with one attached hydrogen (secondary N) is 1. The third kappa shape index (κ3) is 3.66. The van der Waals surface area contributed by atoms with E-state index in [9.17, 15) is 0 Å². The first-order valence-electron chi connectivity index (χ1n) is 6.12. The molecule has 0 saturated carbocycles. The number of nitrogens with zero attached hydrogens (tertiary/aromatic N) is 2. The number of rotatable bonds is 4. The summed E-state index contributed by atoms with van der Waals surface area (Å²) in [6.07, 6.45) is 0.734. The smallest absolute Gasteiger partial charge is 0.143 e.